The molecule has 0 radical (unpaired) electrons. The molecule has 22 heavy (non-hydrogen) atoms. The fourth-order valence-corrected chi connectivity index (χ4v) is 2.73. The number of hydrogen-bond acceptors (Lipinski definition) is 3. The molecule has 1 heterocycles. The summed E-state index contributed by atoms with van der Waals surface area (Å²) >= 11 is 11.3. The molecule has 2 N–H and O–H groups in total. The van der Waals surface area contributed by atoms with Crippen LogP contribution in [0.5, 0.6) is 0 Å². The highest BCUT2D eigenvalue weighted by molar-refractivity contribution is 6.33. The van der Waals surface area contributed by atoms with Gasteiger partial charge in [0.15, 0.2) is 5.70 Å². The number of aromatic carboxylic acids is 1. The average Bonchev–Trinajstić information content (AvgIpc) is 2.63. The van der Waals surface area contributed by atoms with Crippen LogP contribution in [0.3, 0.4) is 0 Å². The lowest BCUT2D eigenvalue weighted by atomic mass is 10.0. The van der Waals surface area contributed by atoms with Crippen molar-refractivity contribution in [2.24, 2.45) is 0 Å². The maximum atomic E-state index is 14.0. The van der Waals surface area contributed by atoms with Crippen molar-refractivity contribution in [2.75, 3.05) is 7.05 Å². The summed E-state index contributed by atoms with van der Waals surface area (Å²) in [6.45, 7) is 0. The van der Waals surface area contributed by atoms with Crippen LogP contribution in [0.2, 0.25) is 5.02 Å². The third kappa shape index (κ3) is 2.86. The minimum atomic E-state index is -4.74. The standard InChI is InChI=1S/C12H8Cl2F4N2O2/c1-20-10(12(16,17)18)8(14)9(19-20)5-2-4(11(21)22)6(13)3-7(5)15/h2-3,9,19H,1H3,(H,21,22). The lowest BCUT2D eigenvalue weighted by Gasteiger charge is -2.20. The monoisotopic (exact) mass is 358 g/mol. The molecule has 0 saturated carbocycles. The Bertz CT molecular complexity index is 676. The smallest absolute Gasteiger partial charge is 0.433 e. The second-order valence-electron chi connectivity index (χ2n) is 4.47. The molecular formula is C12H8Cl2F4N2O2. The van der Waals surface area contributed by atoms with Gasteiger partial charge in [-0.05, 0) is 12.1 Å². The lowest BCUT2D eigenvalue weighted by Crippen LogP contribution is -2.34. The van der Waals surface area contributed by atoms with E-state index in [9.17, 15) is 22.4 Å². The molecule has 0 bridgehead atoms. The molecule has 0 aliphatic carbocycles. The minimum Gasteiger partial charge on any atom is -0.478 e. The molecule has 0 fully saturated rings. The summed E-state index contributed by atoms with van der Waals surface area (Å²) in [4.78, 5) is 11.0. The van der Waals surface area contributed by atoms with Gasteiger partial charge in [-0.2, -0.15) is 13.2 Å². The molecule has 1 aliphatic rings. The Kier molecular flexibility index (Phi) is 4.29. The van der Waals surface area contributed by atoms with E-state index in [1.165, 1.54) is 0 Å². The molecule has 10 heteroatoms. The van der Waals surface area contributed by atoms with Crippen LogP contribution in [-0.4, -0.2) is 29.3 Å². The van der Waals surface area contributed by atoms with E-state index in [4.69, 9.17) is 28.3 Å². The summed E-state index contributed by atoms with van der Waals surface area (Å²) in [6.07, 6.45) is -4.74. The number of alkyl halides is 3. The van der Waals surface area contributed by atoms with Crippen molar-refractivity contribution in [1.82, 2.24) is 10.4 Å². The highest BCUT2D eigenvalue weighted by atomic mass is 35.5. The SMILES string of the molecule is CN1NC(c2cc(C(=O)O)c(Cl)cc2F)C(Cl)=C1C(F)(F)F. The van der Waals surface area contributed by atoms with E-state index in [2.05, 4.69) is 5.43 Å². The van der Waals surface area contributed by atoms with E-state index in [0.717, 1.165) is 19.2 Å². The van der Waals surface area contributed by atoms with Crippen molar-refractivity contribution in [2.45, 2.75) is 12.2 Å². The molecule has 1 aliphatic heterocycles. The van der Waals surface area contributed by atoms with Gasteiger partial charge in [0.25, 0.3) is 0 Å². The van der Waals surface area contributed by atoms with Gasteiger partial charge in [0.05, 0.1) is 21.7 Å². The van der Waals surface area contributed by atoms with Crippen LogP contribution in [0.1, 0.15) is 22.0 Å². The van der Waals surface area contributed by atoms with E-state index in [-0.39, 0.29) is 10.6 Å². The van der Waals surface area contributed by atoms with Gasteiger partial charge in [0.2, 0.25) is 0 Å². The van der Waals surface area contributed by atoms with Gasteiger partial charge >= 0.3 is 12.1 Å². The number of benzene rings is 1. The number of carbonyl (C=O) groups is 1. The van der Waals surface area contributed by atoms with Crippen molar-refractivity contribution in [3.8, 4) is 0 Å². The van der Waals surface area contributed by atoms with Crippen LogP contribution >= 0.6 is 23.2 Å². The largest absolute Gasteiger partial charge is 0.478 e. The van der Waals surface area contributed by atoms with E-state index in [1.54, 1.807) is 0 Å². The lowest BCUT2D eigenvalue weighted by molar-refractivity contribution is -0.110. The second-order valence-corrected chi connectivity index (χ2v) is 5.29. The summed E-state index contributed by atoms with van der Waals surface area (Å²) in [5, 5.41) is 8.52. The molecule has 1 aromatic rings. The molecule has 1 unspecified atom stereocenters. The number of carboxylic acids is 1. The van der Waals surface area contributed by atoms with Crippen molar-refractivity contribution in [1.29, 1.82) is 0 Å². The van der Waals surface area contributed by atoms with Gasteiger partial charge < -0.3 is 10.1 Å². The zero-order valence-electron chi connectivity index (χ0n) is 10.8. The summed E-state index contributed by atoms with van der Waals surface area (Å²) in [7, 11) is 1.07. The first-order valence-electron chi connectivity index (χ1n) is 5.73. The van der Waals surface area contributed by atoms with Crippen molar-refractivity contribution in [3.05, 3.63) is 44.8 Å². The number of rotatable bonds is 2. The maximum Gasteiger partial charge on any atom is 0.433 e. The molecule has 0 spiro atoms. The fourth-order valence-electron chi connectivity index (χ4n) is 2.09. The molecule has 1 atom stereocenters. The van der Waals surface area contributed by atoms with Crippen molar-refractivity contribution in [3.63, 3.8) is 0 Å². The molecular weight excluding hydrogens is 351 g/mol. The third-order valence-corrected chi connectivity index (χ3v) is 3.74. The Balaban J connectivity index is 2.57. The third-order valence-electron chi connectivity index (χ3n) is 3.03. The first-order valence-corrected chi connectivity index (χ1v) is 6.48. The average molecular weight is 359 g/mol. The predicted molar refractivity (Wildman–Crippen MR) is 70.9 cm³/mol. The Morgan fingerprint density at radius 2 is 1.95 bits per heavy atom. The Morgan fingerprint density at radius 3 is 2.41 bits per heavy atom. The maximum absolute atomic E-state index is 14.0. The first-order chi connectivity index (χ1) is 10.0. The van der Waals surface area contributed by atoms with Crippen LogP contribution in [-0.2, 0) is 0 Å². The van der Waals surface area contributed by atoms with Crippen LogP contribution in [0.4, 0.5) is 17.6 Å². The summed E-state index contributed by atoms with van der Waals surface area (Å²) in [5.74, 6) is -2.41. The number of halogens is 6. The van der Waals surface area contributed by atoms with E-state index in [1.807, 2.05) is 0 Å². The Hall–Kier alpha value is -1.51. The topological polar surface area (TPSA) is 52.6 Å². The number of nitrogens with zero attached hydrogens (tertiary/aromatic N) is 1. The summed E-state index contributed by atoms with van der Waals surface area (Å²) in [5.41, 5.74) is 0.372. The molecule has 0 saturated heterocycles. The normalized spacial score (nSPS) is 19.0. The van der Waals surface area contributed by atoms with E-state index < -0.39 is 40.3 Å². The molecule has 1 aromatic carbocycles. The van der Waals surface area contributed by atoms with Crippen LogP contribution < -0.4 is 5.43 Å². The minimum absolute atomic E-state index is 0.349. The number of hydrogen-bond donors (Lipinski definition) is 2. The highest BCUT2D eigenvalue weighted by Crippen LogP contribution is 2.42. The number of nitrogens with one attached hydrogen (secondary N) is 1. The zero-order chi connectivity index (χ0) is 16.8. The predicted octanol–water partition coefficient (Wildman–Crippen LogP) is 3.68. The molecule has 120 valence electrons. The van der Waals surface area contributed by atoms with Crippen LogP contribution in [0, 0.1) is 5.82 Å². The molecule has 4 nitrogen and oxygen atoms in total. The quantitative estimate of drug-likeness (QED) is 0.791. The Labute approximate surface area is 131 Å². The molecule has 0 amide bonds. The van der Waals surface area contributed by atoms with Gasteiger partial charge in [-0.1, -0.05) is 23.2 Å². The first kappa shape index (κ1) is 16.9. The van der Waals surface area contributed by atoms with Crippen molar-refractivity contribution < 1.29 is 27.5 Å². The zero-order valence-corrected chi connectivity index (χ0v) is 12.3. The van der Waals surface area contributed by atoms with Gasteiger partial charge in [0, 0.05) is 12.6 Å². The number of hydrazine groups is 1. The number of allylic oxidation sites excluding steroid dienone is 1. The van der Waals surface area contributed by atoms with Gasteiger partial charge in [-0.15, -0.1) is 0 Å². The Morgan fingerprint density at radius 1 is 1.36 bits per heavy atom. The summed E-state index contributed by atoms with van der Waals surface area (Å²) < 4.78 is 52.6. The van der Waals surface area contributed by atoms with Gasteiger partial charge in [0.1, 0.15) is 5.82 Å². The molecule has 2 rings (SSSR count). The van der Waals surface area contributed by atoms with Gasteiger partial charge in [-0.3, -0.25) is 0 Å². The highest BCUT2D eigenvalue weighted by Gasteiger charge is 2.46. The van der Waals surface area contributed by atoms with Crippen LogP contribution in [0.15, 0.2) is 22.9 Å². The van der Waals surface area contributed by atoms with Gasteiger partial charge in [-0.25, -0.2) is 14.6 Å². The summed E-state index contributed by atoms with van der Waals surface area (Å²) in [6, 6.07) is 0.212. The van der Waals surface area contributed by atoms with E-state index >= 15 is 0 Å². The number of carboxylic acid groups (broad SMARTS) is 1. The van der Waals surface area contributed by atoms with E-state index in [0.29, 0.717) is 5.01 Å². The second kappa shape index (κ2) is 5.60. The van der Waals surface area contributed by atoms with Crippen LogP contribution in [0.25, 0.3) is 0 Å². The molecule has 0 aromatic heterocycles. The fraction of sp³-hybridized carbons (Fsp3) is 0.250. The van der Waals surface area contributed by atoms with Crippen molar-refractivity contribution >= 4 is 29.2 Å².